The van der Waals surface area contributed by atoms with Gasteiger partial charge in [0.1, 0.15) is 0 Å². The molecule has 0 heterocycles. The van der Waals surface area contributed by atoms with Crippen LogP contribution in [0, 0.1) is 0 Å². The van der Waals surface area contributed by atoms with Crippen molar-refractivity contribution in [3.8, 4) is 0 Å². The zero-order chi connectivity index (χ0) is 24.8. The molecule has 0 aromatic heterocycles. The van der Waals surface area contributed by atoms with Crippen molar-refractivity contribution in [2.75, 3.05) is 17.5 Å². The molecule has 33 heavy (non-hydrogen) atoms. The minimum absolute atomic E-state index is 0.143. The fourth-order valence-corrected chi connectivity index (χ4v) is 4.26. The van der Waals surface area contributed by atoms with Gasteiger partial charge >= 0.3 is 12.1 Å². The molecule has 2 rings (SSSR count). The van der Waals surface area contributed by atoms with Gasteiger partial charge in [-0.05, 0) is 50.2 Å². The summed E-state index contributed by atoms with van der Waals surface area (Å²) in [6, 6.07) is 8.52. The Hall–Kier alpha value is -3.34. The van der Waals surface area contributed by atoms with Crippen molar-refractivity contribution in [1.82, 2.24) is 5.32 Å². The lowest BCUT2D eigenvalue weighted by molar-refractivity contribution is -0.137. The number of rotatable bonds is 9. The number of hydrogen-bond acceptors (Lipinski definition) is 5. The van der Waals surface area contributed by atoms with E-state index in [1.165, 1.54) is 30.3 Å². The molecule has 178 valence electrons. The highest BCUT2D eigenvalue weighted by Crippen LogP contribution is 2.33. The number of carbonyl (C=O) groups is 2. The van der Waals surface area contributed by atoms with Crippen LogP contribution in [-0.2, 0) is 25.7 Å². The predicted molar refractivity (Wildman–Crippen MR) is 116 cm³/mol. The molecule has 0 atom stereocenters. The zero-order valence-corrected chi connectivity index (χ0v) is 18.7. The number of nitrogens with one attached hydrogen (secondary N) is 1. The van der Waals surface area contributed by atoms with Crippen molar-refractivity contribution in [3.63, 3.8) is 0 Å². The Kier molecular flexibility index (Phi) is 8.26. The molecule has 1 amide bonds. The van der Waals surface area contributed by atoms with Gasteiger partial charge in [-0.15, -0.1) is 6.58 Å². The van der Waals surface area contributed by atoms with E-state index in [0.717, 1.165) is 22.5 Å². The second-order valence-electron chi connectivity index (χ2n) is 7.20. The Morgan fingerprint density at radius 3 is 2.42 bits per heavy atom. The smallest absolute Gasteiger partial charge is 0.416 e. The van der Waals surface area contributed by atoms with Gasteiger partial charge in [-0.25, -0.2) is 13.2 Å². The molecule has 2 aromatic rings. The van der Waals surface area contributed by atoms with Crippen molar-refractivity contribution in [2.24, 2.45) is 0 Å². The summed E-state index contributed by atoms with van der Waals surface area (Å²) in [7, 11) is -4.37. The number of hydrogen-bond donors (Lipinski definition) is 1. The highest BCUT2D eigenvalue weighted by Gasteiger charge is 2.32. The van der Waals surface area contributed by atoms with Crippen molar-refractivity contribution >= 4 is 27.6 Å². The second kappa shape index (κ2) is 10.5. The Balaban J connectivity index is 2.35. The van der Waals surface area contributed by atoms with Crippen LogP contribution in [0.25, 0.3) is 0 Å². The summed E-state index contributed by atoms with van der Waals surface area (Å²) in [6.45, 7) is 6.06. The van der Waals surface area contributed by atoms with Crippen LogP contribution in [-0.4, -0.2) is 39.5 Å². The summed E-state index contributed by atoms with van der Waals surface area (Å²) in [5, 5.41) is 2.54. The number of carbonyl (C=O) groups excluding carboxylic acids is 2. The summed E-state index contributed by atoms with van der Waals surface area (Å²) in [5.41, 5.74) is -1.37. The maximum atomic E-state index is 13.2. The Morgan fingerprint density at radius 1 is 1.15 bits per heavy atom. The highest BCUT2D eigenvalue weighted by atomic mass is 32.2. The molecular formula is C22H23F3N2O5S. The standard InChI is InChI=1S/C22H23F3N2O5S/c1-4-11-27(18-9-6-8-17(13-18)22(23,24)25)33(30,31)19-10-5-7-16(12-19)21(29)32-14-20(28)26-15(2)3/h4-10,12-13,15H,1,11,14H2,2-3H3,(H,26,28). The first kappa shape index (κ1) is 25.9. The van der Waals surface area contributed by atoms with Crippen LogP contribution < -0.4 is 9.62 Å². The Labute approximate surface area is 189 Å². The number of nitrogens with zero attached hydrogens (tertiary/aromatic N) is 1. The molecule has 1 N–H and O–H groups in total. The molecule has 0 aliphatic heterocycles. The molecule has 2 aromatic carbocycles. The van der Waals surface area contributed by atoms with E-state index >= 15 is 0 Å². The number of alkyl halides is 3. The van der Waals surface area contributed by atoms with Gasteiger partial charge in [-0.1, -0.05) is 18.2 Å². The van der Waals surface area contributed by atoms with E-state index in [9.17, 15) is 31.2 Å². The van der Waals surface area contributed by atoms with Crippen molar-refractivity contribution < 1.29 is 35.9 Å². The zero-order valence-electron chi connectivity index (χ0n) is 17.9. The summed E-state index contributed by atoms with van der Waals surface area (Å²) in [4.78, 5) is 23.6. The summed E-state index contributed by atoms with van der Waals surface area (Å²) in [5.74, 6) is -1.45. The number of ether oxygens (including phenoxy) is 1. The minimum atomic E-state index is -4.66. The van der Waals surface area contributed by atoms with Gasteiger partial charge in [-0.2, -0.15) is 13.2 Å². The third-order valence-electron chi connectivity index (χ3n) is 4.20. The second-order valence-corrected chi connectivity index (χ2v) is 9.06. The van der Waals surface area contributed by atoms with Crippen molar-refractivity contribution in [1.29, 1.82) is 0 Å². The molecule has 0 saturated carbocycles. The summed E-state index contributed by atoms with van der Waals surface area (Å²) < 4.78 is 71.4. The Bertz CT molecular complexity index is 1130. The van der Waals surface area contributed by atoms with E-state index in [0.29, 0.717) is 6.07 Å². The molecule has 0 spiro atoms. The van der Waals surface area contributed by atoms with Crippen LogP contribution in [0.1, 0.15) is 29.8 Å². The SMILES string of the molecule is C=CCN(c1cccc(C(F)(F)F)c1)S(=O)(=O)c1cccc(C(=O)OCC(=O)NC(C)C)c1. The van der Waals surface area contributed by atoms with Crippen LogP contribution >= 0.6 is 0 Å². The van der Waals surface area contributed by atoms with Gasteiger partial charge in [0.2, 0.25) is 0 Å². The molecule has 0 unspecified atom stereocenters. The lowest BCUT2D eigenvalue weighted by Gasteiger charge is -2.24. The van der Waals surface area contributed by atoms with Crippen molar-refractivity contribution in [2.45, 2.75) is 31.0 Å². The Morgan fingerprint density at radius 2 is 1.82 bits per heavy atom. The molecule has 0 radical (unpaired) electrons. The van der Waals surface area contributed by atoms with Gasteiger partial charge < -0.3 is 10.1 Å². The average Bonchev–Trinajstić information content (AvgIpc) is 2.74. The van der Waals surface area contributed by atoms with Crippen LogP contribution in [0.3, 0.4) is 0 Å². The lowest BCUT2D eigenvalue weighted by Crippen LogP contribution is -2.34. The van der Waals surface area contributed by atoms with E-state index < -0.39 is 40.2 Å². The molecule has 0 aliphatic carbocycles. The van der Waals surface area contributed by atoms with E-state index in [2.05, 4.69) is 11.9 Å². The summed E-state index contributed by atoms with van der Waals surface area (Å²) >= 11 is 0. The maximum Gasteiger partial charge on any atom is 0.416 e. The molecule has 0 saturated heterocycles. The van der Waals surface area contributed by atoms with Gasteiger partial charge in [0.15, 0.2) is 6.61 Å². The molecule has 0 fully saturated rings. The first-order chi connectivity index (χ1) is 15.4. The number of anilines is 1. The first-order valence-electron chi connectivity index (χ1n) is 9.73. The predicted octanol–water partition coefficient (Wildman–Crippen LogP) is 3.77. The number of amides is 1. The van der Waals surface area contributed by atoms with E-state index in [-0.39, 0.29) is 28.7 Å². The van der Waals surface area contributed by atoms with Gasteiger partial charge in [0.25, 0.3) is 15.9 Å². The van der Waals surface area contributed by atoms with Gasteiger partial charge in [0, 0.05) is 6.04 Å². The van der Waals surface area contributed by atoms with E-state index in [1.807, 2.05) is 0 Å². The number of benzene rings is 2. The lowest BCUT2D eigenvalue weighted by atomic mass is 10.2. The first-order valence-corrected chi connectivity index (χ1v) is 11.2. The molecule has 0 aliphatic rings. The maximum absolute atomic E-state index is 13.2. The van der Waals surface area contributed by atoms with Gasteiger partial charge in [0.05, 0.1) is 28.3 Å². The quantitative estimate of drug-likeness (QED) is 0.432. The topological polar surface area (TPSA) is 92.8 Å². The van der Waals surface area contributed by atoms with E-state index in [4.69, 9.17) is 4.74 Å². The number of esters is 1. The van der Waals surface area contributed by atoms with Crippen LogP contribution in [0.2, 0.25) is 0 Å². The van der Waals surface area contributed by atoms with Crippen LogP contribution in [0.4, 0.5) is 18.9 Å². The fourth-order valence-electron chi connectivity index (χ4n) is 2.79. The van der Waals surface area contributed by atoms with Crippen LogP contribution in [0.5, 0.6) is 0 Å². The third-order valence-corrected chi connectivity index (χ3v) is 5.99. The molecular weight excluding hydrogens is 461 g/mol. The largest absolute Gasteiger partial charge is 0.452 e. The van der Waals surface area contributed by atoms with Crippen LogP contribution in [0.15, 0.2) is 66.1 Å². The molecule has 0 bridgehead atoms. The summed E-state index contributed by atoms with van der Waals surface area (Å²) in [6.07, 6.45) is -3.44. The van der Waals surface area contributed by atoms with E-state index in [1.54, 1.807) is 13.8 Å². The van der Waals surface area contributed by atoms with Gasteiger partial charge in [-0.3, -0.25) is 9.10 Å². The number of halogens is 3. The molecule has 7 nitrogen and oxygen atoms in total. The third kappa shape index (κ3) is 6.82. The van der Waals surface area contributed by atoms with Crippen molar-refractivity contribution in [3.05, 3.63) is 72.3 Å². The average molecular weight is 484 g/mol. The molecule has 11 heteroatoms. The highest BCUT2D eigenvalue weighted by molar-refractivity contribution is 7.92. The normalized spacial score (nSPS) is 11.7. The fraction of sp³-hybridized carbons (Fsp3) is 0.273. The number of sulfonamides is 1. The monoisotopic (exact) mass is 484 g/mol. The minimum Gasteiger partial charge on any atom is -0.452 e.